The smallest absolute Gasteiger partial charge is 0.126 e. The van der Waals surface area contributed by atoms with Gasteiger partial charge < -0.3 is 5.73 Å². The Bertz CT molecular complexity index is 383. The van der Waals surface area contributed by atoms with Gasteiger partial charge in [0.2, 0.25) is 0 Å². The van der Waals surface area contributed by atoms with Gasteiger partial charge in [0.05, 0.1) is 0 Å². The lowest BCUT2D eigenvalue weighted by atomic mass is 9.94. The van der Waals surface area contributed by atoms with E-state index in [1.165, 1.54) is 31.4 Å². The van der Waals surface area contributed by atoms with E-state index in [9.17, 15) is 8.78 Å². The maximum atomic E-state index is 13.2. The molecule has 4 heteroatoms. The third kappa shape index (κ3) is 4.25. The number of hydrogen-bond acceptors (Lipinski definition) is 2. The summed E-state index contributed by atoms with van der Waals surface area (Å²) in [5.74, 6) is -1.02. The molecule has 0 amide bonds. The van der Waals surface area contributed by atoms with E-state index in [4.69, 9.17) is 5.73 Å². The Morgan fingerprint density at radius 3 is 2.26 bits per heavy atom. The number of benzene rings is 1. The van der Waals surface area contributed by atoms with Gasteiger partial charge in [0.25, 0.3) is 0 Å². The molecule has 0 aromatic heterocycles. The fourth-order valence-corrected chi connectivity index (χ4v) is 2.94. The lowest BCUT2D eigenvalue weighted by molar-refractivity contribution is 0.152. The fourth-order valence-electron chi connectivity index (χ4n) is 2.94. The number of hydrogen-bond donors (Lipinski definition) is 1. The summed E-state index contributed by atoms with van der Waals surface area (Å²) >= 11 is 0. The standard InChI is InChI=1S/C15H22F2N2/c16-13-8-12(9-14(17)10-13)11-19(7-6-18)15-4-2-1-3-5-15/h8-10,15H,1-7,11,18H2. The molecule has 0 bridgehead atoms. The molecule has 0 atom stereocenters. The van der Waals surface area contributed by atoms with Crippen LogP contribution in [0.5, 0.6) is 0 Å². The third-order valence-corrected chi connectivity index (χ3v) is 3.82. The van der Waals surface area contributed by atoms with E-state index in [1.54, 1.807) is 0 Å². The van der Waals surface area contributed by atoms with Crippen molar-refractivity contribution in [3.8, 4) is 0 Å². The van der Waals surface area contributed by atoms with Crippen molar-refractivity contribution in [1.29, 1.82) is 0 Å². The van der Waals surface area contributed by atoms with Crippen LogP contribution >= 0.6 is 0 Å². The van der Waals surface area contributed by atoms with E-state index in [-0.39, 0.29) is 0 Å². The highest BCUT2D eigenvalue weighted by Crippen LogP contribution is 2.24. The average Bonchev–Trinajstić information content (AvgIpc) is 2.38. The van der Waals surface area contributed by atoms with E-state index in [0.717, 1.165) is 25.5 Å². The number of halogens is 2. The van der Waals surface area contributed by atoms with Crippen LogP contribution in [0.15, 0.2) is 18.2 Å². The van der Waals surface area contributed by atoms with Gasteiger partial charge in [0.15, 0.2) is 0 Å². The molecule has 19 heavy (non-hydrogen) atoms. The molecule has 0 radical (unpaired) electrons. The van der Waals surface area contributed by atoms with Crippen molar-refractivity contribution in [2.45, 2.75) is 44.7 Å². The molecule has 1 aliphatic carbocycles. The van der Waals surface area contributed by atoms with Crippen molar-refractivity contribution in [1.82, 2.24) is 4.90 Å². The van der Waals surface area contributed by atoms with Crippen LogP contribution in [0.25, 0.3) is 0 Å². The van der Waals surface area contributed by atoms with E-state index >= 15 is 0 Å². The molecular weight excluding hydrogens is 246 g/mol. The van der Waals surface area contributed by atoms with Crippen LogP contribution in [-0.4, -0.2) is 24.0 Å². The monoisotopic (exact) mass is 268 g/mol. The van der Waals surface area contributed by atoms with E-state index in [1.807, 2.05) is 0 Å². The van der Waals surface area contributed by atoms with Crippen molar-refractivity contribution in [3.63, 3.8) is 0 Å². The second-order valence-electron chi connectivity index (χ2n) is 5.33. The van der Waals surface area contributed by atoms with Crippen molar-refractivity contribution in [2.24, 2.45) is 5.73 Å². The normalized spacial score (nSPS) is 17.1. The predicted molar refractivity (Wildman–Crippen MR) is 72.7 cm³/mol. The zero-order chi connectivity index (χ0) is 13.7. The van der Waals surface area contributed by atoms with Gasteiger partial charge in [-0.25, -0.2) is 8.78 Å². The maximum Gasteiger partial charge on any atom is 0.126 e. The molecule has 0 saturated heterocycles. The molecule has 0 spiro atoms. The second kappa shape index (κ2) is 6.96. The molecule has 0 aliphatic heterocycles. The minimum atomic E-state index is -0.508. The van der Waals surface area contributed by atoms with Gasteiger partial charge in [-0.3, -0.25) is 4.90 Å². The average molecular weight is 268 g/mol. The molecule has 2 rings (SSSR count). The fraction of sp³-hybridized carbons (Fsp3) is 0.600. The Kier molecular flexibility index (Phi) is 5.28. The summed E-state index contributed by atoms with van der Waals surface area (Å²) in [6.07, 6.45) is 6.10. The van der Waals surface area contributed by atoms with E-state index in [2.05, 4.69) is 4.90 Å². The topological polar surface area (TPSA) is 29.3 Å². The summed E-state index contributed by atoms with van der Waals surface area (Å²) in [5.41, 5.74) is 6.35. The molecule has 1 fully saturated rings. The first-order valence-electron chi connectivity index (χ1n) is 7.08. The molecule has 106 valence electrons. The van der Waals surface area contributed by atoms with Crippen LogP contribution in [0.2, 0.25) is 0 Å². The Balaban J connectivity index is 2.06. The summed E-state index contributed by atoms with van der Waals surface area (Å²) in [4.78, 5) is 2.27. The predicted octanol–water partition coefficient (Wildman–Crippen LogP) is 3.06. The van der Waals surface area contributed by atoms with Gasteiger partial charge >= 0.3 is 0 Å². The minimum absolute atomic E-state index is 0.503. The number of nitrogens with zero attached hydrogens (tertiary/aromatic N) is 1. The van der Waals surface area contributed by atoms with Gasteiger partial charge in [-0.05, 0) is 30.5 Å². The van der Waals surface area contributed by atoms with Crippen LogP contribution in [-0.2, 0) is 6.54 Å². The van der Waals surface area contributed by atoms with Crippen molar-refractivity contribution in [3.05, 3.63) is 35.4 Å². The third-order valence-electron chi connectivity index (χ3n) is 3.82. The molecule has 2 N–H and O–H groups in total. The quantitative estimate of drug-likeness (QED) is 0.889. The Labute approximate surface area is 113 Å². The summed E-state index contributed by atoms with van der Waals surface area (Å²) in [6, 6.07) is 4.24. The van der Waals surface area contributed by atoms with Crippen LogP contribution < -0.4 is 5.73 Å². The van der Waals surface area contributed by atoms with E-state index < -0.39 is 11.6 Å². The molecular formula is C15H22F2N2. The number of rotatable bonds is 5. The summed E-state index contributed by atoms with van der Waals surface area (Å²) < 4.78 is 26.4. The number of nitrogens with two attached hydrogens (primary N) is 1. The van der Waals surface area contributed by atoms with Crippen LogP contribution in [0.4, 0.5) is 8.78 Å². The maximum absolute atomic E-state index is 13.2. The van der Waals surface area contributed by atoms with Crippen molar-refractivity contribution in [2.75, 3.05) is 13.1 Å². The molecule has 1 aliphatic rings. The molecule has 0 unspecified atom stereocenters. The summed E-state index contributed by atoms with van der Waals surface area (Å²) in [7, 11) is 0. The minimum Gasteiger partial charge on any atom is -0.329 e. The lowest BCUT2D eigenvalue weighted by Crippen LogP contribution is -2.39. The van der Waals surface area contributed by atoms with Crippen LogP contribution in [0.3, 0.4) is 0 Å². The zero-order valence-electron chi connectivity index (χ0n) is 11.2. The van der Waals surface area contributed by atoms with Crippen molar-refractivity contribution < 1.29 is 8.78 Å². The Morgan fingerprint density at radius 2 is 1.68 bits per heavy atom. The molecule has 2 nitrogen and oxygen atoms in total. The van der Waals surface area contributed by atoms with Crippen LogP contribution in [0.1, 0.15) is 37.7 Å². The van der Waals surface area contributed by atoms with E-state index in [0.29, 0.717) is 24.7 Å². The van der Waals surface area contributed by atoms with Gasteiger partial charge in [-0.1, -0.05) is 19.3 Å². The Hall–Kier alpha value is -1.00. The highest BCUT2D eigenvalue weighted by atomic mass is 19.1. The van der Waals surface area contributed by atoms with Gasteiger partial charge in [0.1, 0.15) is 11.6 Å². The first-order valence-corrected chi connectivity index (χ1v) is 7.08. The largest absolute Gasteiger partial charge is 0.329 e. The molecule has 1 aromatic carbocycles. The summed E-state index contributed by atoms with van der Waals surface area (Å²) in [5, 5.41) is 0. The molecule has 1 aromatic rings. The first-order chi connectivity index (χ1) is 9.19. The first kappa shape index (κ1) is 14.4. The highest BCUT2D eigenvalue weighted by Gasteiger charge is 2.20. The lowest BCUT2D eigenvalue weighted by Gasteiger charge is -2.34. The Morgan fingerprint density at radius 1 is 1.05 bits per heavy atom. The second-order valence-corrected chi connectivity index (χ2v) is 5.33. The SMILES string of the molecule is NCCN(Cc1cc(F)cc(F)c1)C1CCCCC1. The van der Waals surface area contributed by atoms with Gasteiger partial charge in [0, 0.05) is 31.7 Å². The molecule has 1 saturated carbocycles. The summed E-state index contributed by atoms with van der Waals surface area (Å²) in [6.45, 7) is 1.94. The molecule has 0 heterocycles. The zero-order valence-corrected chi connectivity index (χ0v) is 11.2. The van der Waals surface area contributed by atoms with Crippen molar-refractivity contribution >= 4 is 0 Å². The van der Waals surface area contributed by atoms with Crippen LogP contribution in [0, 0.1) is 11.6 Å². The van der Waals surface area contributed by atoms with Gasteiger partial charge in [-0.15, -0.1) is 0 Å². The highest BCUT2D eigenvalue weighted by molar-refractivity contribution is 5.18. The van der Waals surface area contributed by atoms with Gasteiger partial charge in [-0.2, -0.15) is 0 Å².